The molecule has 0 nitrogen and oxygen atoms in total. The number of fused-ring (bicyclic) bond motifs is 8. The van der Waals surface area contributed by atoms with E-state index in [1.54, 1.807) is 22.3 Å². The van der Waals surface area contributed by atoms with Crippen LogP contribution in [-0.2, 0) is 14.0 Å². The zero-order valence-corrected chi connectivity index (χ0v) is 29.5. The van der Waals surface area contributed by atoms with Crippen LogP contribution in [0.1, 0.15) is 132 Å². The molecule has 0 aliphatic heterocycles. The third-order valence-electron chi connectivity index (χ3n) is 18.4. The number of rotatable bonds is 4. The van der Waals surface area contributed by atoms with E-state index in [2.05, 4.69) is 55.4 Å². The zero-order chi connectivity index (χ0) is 29.6. The third kappa shape index (κ3) is 2.30. The zero-order valence-electron chi connectivity index (χ0n) is 28.1. The van der Waals surface area contributed by atoms with Gasteiger partial charge in [0.1, 0.15) is 0 Å². The van der Waals surface area contributed by atoms with Gasteiger partial charge in [0.05, 0.1) is 0 Å². The summed E-state index contributed by atoms with van der Waals surface area (Å²) in [5, 5.41) is 0. The average Bonchev–Trinajstić information content (AvgIpc) is 3.74. The molecule has 0 heterocycles. The summed E-state index contributed by atoms with van der Waals surface area (Å²) in [6.07, 6.45) is 17.4. The molecule has 8 aliphatic rings. The van der Waals surface area contributed by atoms with Gasteiger partial charge in [0.15, 0.2) is 0 Å². The Balaban J connectivity index is 1.61. The summed E-state index contributed by atoms with van der Waals surface area (Å²) >= 11 is -3.08. The van der Waals surface area contributed by atoms with Gasteiger partial charge in [-0.3, -0.25) is 0 Å². The van der Waals surface area contributed by atoms with E-state index in [-0.39, 0.29) is 21.7 Å². The maximum absolute atomic E-state index is 5.03. The van der Waals surface area contributed by atoms with E-state index in [0.29, 0.717) is 16.5 Å². The monoisotopic (exact) mass is 591 g/mol. The van der Waals surface area contributed by atoms with E-state index >= 15 is 0 Å². The van der Waals surface area contributed by atoms with Gasteiger partial charge in [0.25, 0.3) is 0 Å². The normalized spacial score (nSPS) is 52.3. The molecule has 0 aromatic heterocycles. The molecule has 0 radical (unpaired) electrons. The summed E-state index contributed by atoms with van der Waals surface area (Å²) in [6, 6.07) is 0. The van der Waals surface area contributed by atoms with Gasteiger partial charge in [-0.15, -0.1) is 0 Å². The SMILES string of the molecule is C=C1C2CC[C]([V]([C]34CCC(C3)C(=C)C4(C)C)([C]34CCC(C3)C(=C)C4(C)C)[C]34CCC(C3)C(=C)C4(C)C)(C2)C1(C)C. The molecule has 0 amide bonds. The Bertz CT molecular complexity index is 1130. The molecule has 8 aliphatic carbocycles. The first-order valence-corrected chi connectivity index (χ1v) is 20.4. The summed E-state index contributed by atoms with van der Waals surface area (Å²) in [6.45, 7) is 42.1. The molecule has 8 atom stereocenters. The Labute approximate surface area is 256 Å². The summed E-state index contributed by atoms with van der Waals surface area (Å²) in [5.74, 6) is 2.98. The summed E-state index contributed by atoms with van der Waals surface area (Å²) in [7, 11) is 0. The van der Waals surface area contributed by atoms with E-state index in [0.717, 1.165) is 23.7 Å². The van der Waals surface area contributed by atoms with Crippen LogP contribution in [0.4, 0.5) is 0 Å². The third-order valence-corrected chi connectivity index (χ3v) is 32.4. The molecular weight excluding hydrogens is 531 g/mol. The van der Waals surface area contributed by atoms with E-state index < -0.39 is 14.0 Å². The molecule has 8 rings (SSSR count). The average molecular weight is 592 g/mol. The summed E-state index contributed by atoms with van der Waals surface area (Å²) in [5.41, 5.74) is 7.47. The van der Waals surface area contributed by atoms with Crippen molar-refractivity contribution in [1.82, 2.24) is 0 Å². The van der Waals surface area contributed by atoms with E-state index in [1.165, 1.54) is 77.0 Å². The van der Waals surface area contributed by atoms with E-state index in [4.69, 9.17) is 26.3 Å². The van der Waals surface area contributed by atoms with Gasteiger partial charge < -0.3 is 0 Å². The molecule has 8 bridgehead atoms. The van der Waals surface area contributed by atoms with Crippen molar-refractivity contribution < 1.29 is 14.0 Å². The molecule has 0 spiro atoms. The second-order valence-electron chi connectivity index (χ2n) is 19.2. The van der Waals surface area contributed by atoms with Crippen molar-refractivity contribution in [3.8, 4) is 0 Å². The Morgan fingerprint density at radius 1 is 0.415 bits per heavy atom. The fourth-order valence-corrected chi connectivity index (χ4v) is 35.9. The van der Waals surface area contributed by atoms with Crippen molar-refractivity contribution in [2.24, 2.45) is 45.3 Å². The second kappa shape index (κ2) is 7.33. The van der Waals surface area contributed by atoms with E-state index in [9.17, 15) is 0 Å². The molecule has 8 fully saturated rings. The predicted molar refractivity (Wildman–Crippen MR) is 172 cm³/mol. The fraction of sp³-hybridized carbons (Fsp3) is 0.800. The maximum atomic E-state index is 5.03. The van der Waals surface area contributed by atoms with Gasteiger partial charge in [0, 0.05) is 0 Å². The van der Waals surface area contributed by atoms with Crippen molar-refractivity contribution in [3.05, 3.63) is 48.6 Å². The van der Waals surface area contributed by atoms with Crippen molar-refractivity contribution >= 4 is 0 Å². The van der Waals surface area contributed by atoms with Crippen LogP contribution in [0.15, 0.2) is 48.6 Å². The van der Waals surface area contributed by atoms with Crippen LogP contribution in [0, 0.1) is 45.3 Å². The topological polar surface area (TPSA) is 0 Å². The first-order chi connectivity index (χ1) is 18.9. The van der Waals surface area contributed by atoms with Crippen LogP contribution < -0.4 is 0 Å². The summed E-state index contributed by atoms with van der Waals surface area (Å²) in [4.78, 5) is 0. The Kier molecular flexibility index (Phi) is 5.01. The standard InChI is InChI=1S/4C10H15.V/c4*1-7-8-4-5-9(6-8)10(7,2)3;/h4*8H,1,4-6H2,2-3H3;. The van der Waals surface area contributed by atoms with Crippen LogP contribution in [0.3, 0.4) is 0 Å². The van der Waals surface area contributed by atoms with Gasteiger partial charge in [0.2, 0.25) is 0 Å². The number of hydrogen-bond donors (Lipinski definition) is 0. The quantitative estimate of drug-likeness (QED) is 0.285. The molecule has 1 heteroatoms. The molecule has 0 aromatic rings. The first-order valence-electron chi connectivity index (χ1n) is 17.6. The van der Waals surface area contributed by atoms with Crippen molar-refractivity contribution in [2.75, 3.05) is 0 Å². The van der Waals surface area contributed by atoms with Gasteiger partial charge >= 0.3 is 257 Å². The Morgan fingerprint density at radius 3 is 0.756 bits per heavy atom. The first kappa shape index (κ1) is 28.0. The molecular formula is C40H60V. The van der Waals surface area contributed by atoms with Crippen molar-refractivity contribution in [2.45, 2.75) is 149 Å². The van der Waals surface area contributed by atoms with E-state index in [1.807, 2.05) is 0 Å². The van der Waals surface area contributed by atoms with Crippen molar-refractivity contribution in [1.29, 1.82) is 0 Å². The Morgan fingerprint density at radius 2 is 0.610 bits per heavy atom. The van der Waals surface area contributed by atoms with Gasteiger partial charge in [-0.05, 0) is 0 Å². The van der Waals surface area contributed by atoms with Crippen molar-refractivity contribution in [3.63, 3.8) is 0 Å². The van der Waals surface area contributed by atoms with Crippen LogP contribution in [0.2, 0.25) is 16.5 Å². The van der Waals surface area contributed by atoms with Crippen LogP contribution in [0.25, 0.3) is 0 Å². The minimum atomic E-state index is -3.08. The second-order valence-corrected chi connectivity index (χ2v) is 26.6. The summed E-state index contributed by atoms with van der Waals surface area (Å²) < 4.78 is 1.71. The number of hydrogen-bond acceptors (Lipinski definition) is 0. The number of allylic oxidation sites excluding steroid dienone is 4. The molecule has 0 aromatic carbocycles. The molecule has 41 heavy (non-hydrogen) atoms. The Hall–Kier alpha value is -0.456. The van der Waals surface area contributed by atoms with Crippen LogP contribution in [0.5, 0.6) is 0 Å². The van der Waals surface area contributed by atoms with Crippen LogP contribution in [-0.4, -0.2) is 0 Å². The molecule has 0 saturated heterocycles. The van der Waals surface area contributed by atoms with Gasteiger partial charge in [-0.25, -0.2) is 0 Å². The fourth-order valence-electron chi connectivity index (χ4n) is 16.1. The van der Waals surface area contributed by atoms with Gasteiger partial charge in [-0.1, -0.05) is 0 Å². The molecule has 225 valence electrons. The minimum absolute atomic E-state index is 0.218. The van der Waals surface area contributed by atoms with Gasteiger partial charge in [-0.2, -0.15) is 0 Å². The van der Waals surface area contributed by atoms with Crippen LogP contribution >= 0.6 is 0 Å². The molecule has 8 unspecified atom stereocenters. The molecule has 0 N–H and O–H groups in total. The molecule has 8 saturated carbocycles. The predicted octanol–water partition coefficient (Wildman–Crippen LogP) is 12.4.